The zero-order chi connectivity index (χ0) is 12.4. The first-order valence-corrected chi connectivity index (χ1v) is 7.55. The molecule has 3 fully saturated rings. The maximum absolute atomic E-state index is 12.0. The van der Waals surface area contributed by atoms with Crippen LogP contribution in [0.3, 0.4) is 0 Å². The molecule has 0 aromatic rings. The number of nitrogens with zero attached hydrogens (tertiary/aromatic N) is 2. The number of rotatable bonds is 3. The Morgan fingerprint density at radius 3 is 2.28 bits per heavy atom. The third-order valence-electron chi connectivity index (χ3n) is 4.59. The minimum absolute atomic E-state index is 0.390. The molecule has 0 unspecified atom stereocenters. The first-order chi connectivity index (χ1) is 8.83. The summed E-state index contributed by atoms with van der Waals surface area (Å²) in [6.45, 7) is 7.70. The lowest BCUT2D eigenvalue weighted by Crippen LogP contribution is -2.50. The lowest BCUT2D eigenvalue weighted by Gasteiger charge is -2.37. The van der Waals surface area contributed by atoms with E-state index in [1.54, 1.807) is 0 Å². The Labute approximate surface area is 110 Å². The molecular weight excluding hydrogens is 226 g/mol. The van der Waals surface area contributed by atoms with Gasteiger partial charge in [-0.3, -0.25) is 9.69 Å². The molecule has 0 radical (unpaired) electrons. The Hall–Kier alpha value is -0.610. The summed E-state index contributed by atoms with van der Waals surface area (Å²) in [6.07, 6.45) is 4.91. The maximum atomic E-state index is 12.0. The van der Waals surface area contributed by atoms with E-state index < -0.39 is 0 Å². The molecule has 3 rings (SSSR count). The smallest absolute Gasteiger partial charge is 0.225 e. The Balaban J connectivity index is 1.40. The Kier molecular flexibility index (Phi) is 3.85. The summed E-state index contributed by atoms with van der Waals surface area (Å²) in [6, 6.07) is 0. The van der Waals surface area contributed by atoms with Gasteiger partial charge < -0.3 is 10.2 Å². The van der Waals surface area contributed by atoms with Gasteiger partial charge in [0.1, 0.15) is 0 Å². The first kappa shape index (κ1) is 12.4. The molecule has 3 aliphatic rings. The van der Waals surface area contributed by atoms with Crippen LogP contribution < -0.4 is 5.32 Å². The molecule has 1 amide bonds. The molecule has 0 atom stereocenters. The van der Waals surface area contributed by atoms with Crippen molar-refractivity contribution in [1.29, 1.82) is 0 Å². The van der Waals surface area contributed by atoms with Gasteiger partial charge in [0, 0.05) is 38.6 Å². The van der Waals surface area contributed by atoms with E-state index in [0.717, 1.165) is 44.9 Å². The minimum atomic E-state index is 0.390. The van der Waals surface area contributed by atoms with E-state index in [0.29, 0.717) is 11.8 Å². The predicted octanol–water partition coefficient (Wildman–Crippen LogP) is 0.540. The molecule has 4 nitrogen and oxygen atoms in total. The summed E-state index contributed by atoms with van der Waals surface area (Å²) >= 11 is 0. The number of amides is 1. The minimum Gasteiger partial charge on any atom is -0.340 e. The van der Waals surface area contributed by atoms with E-state index in [1.165, 1.54) is 32.5 Å². The van der Waals surface area contributed by atoms with E-state index in [2.05, 4.69) is 15.1 Å². The SMILES string of the molecule is O=C(C1CC1)N1CCN(CC2CCNCC2)CC1. The predicted molar refractivity (Wildman–Crippen MR) is 71.3 cm³/mol. The highest BCUT2D eigenvalue weighted by molar-refractivity contribution is 5.81. The van der Waals surface area contributed by atoms with Crippen LogP contribution in [-0.4, -0.2) is 61.5 Å². The quantitative estimate of drug-likeness (QED) is 0.795. The molecule has 0 spiro atoms. The topological polar surface area (TPSA) is 35.6 Å². The van der Waals surface area contributed by atoms with Gasteiger partial charge >= 0.3 is 0 Å². The zero-order valence-electron chi connectivity index (χ0n) is 11.2. The molecule has 102 valence electrons. The average molecular weight is 251 g/mol. The van der Waals surface area contributed by atoms with Crippen LogP contribution in [0.15, 0.2) is 0 Å². The van der Waals surface area contributed by atoms with Crippen LogP contribution in [0.4, 0.5) is 0 Å². The van der Waals surface area contributed by atoms with Gasteiger partial charge in [0.2, 0.25) is 5.91 Å². The van der Waals surface area contributed by atoms with Crippen LogP contribution in [-0.2, 0) is 4.79 Å². The Morgan fingerprint density at radius 1 is 1.00 bits per heavy atom. The molecule has 2 aliphatic heterocycles. The number of piperazine rings is 1. The highest BCUT2D eigenvalue weighted by Gasteiger charge is 2.34. The summed E-state index contributed by atoms with van der Waals surface area (Å²) < 4.78 is 0. The molecule has 2 saturated heterocycles. The molecule has 1 aliphatic carbocycles. The summed E-state index contributed by atoms with van der Waals surface area (Å²) in [4.78, 5) is 16.6. The number of carbonyl (C=O) groups excluding carboxylic acids is 1. The van der Waals surface area contributed by atoms with Crippen LogP contribution >= 0.6 is 0 Å². The van der Waals surface area contributed by atoms with Crippen molar-refractivity contribution in [2.24, 2.45) is 11.8 Å². The number of piperidine rings is 1. The highest BCUT2D eigenvalue weighted by Crippen LogP contribution is 2.31. The molecule has 2 heterocycles. The van der Waals surface area contributed by atoms with Gasteiger partial charge in [-0.1, -0.05) is 0 Å². The standard InChI is InChI=1S/C14H25N3O/c18-14(13-1-2-13)17-9-7-16(8-10-17)11-12-3-5-15-6-4-12/h12-13,15H,1-11H2. The van der Waals surface area contributed by atoms with Gasteiger partial charge in [0.05, 0.1) is 0 Å². The number of hydrogen-bond acceptors (Lipinski definition) is 3. The third kappa shape index (κ3) is 3.04. The van der Waals surface area contributed by atoms with E-state index in [1.807, 2.05) is 0 Å². The second kappa shape index (κ2) is 5.57. The van der Waals surface area contributed by atoms with Crippen molar-refractivity contribution >= 4 is 5.91 Å². The molecule has 1 saturated carbocycles. The number of nitrogens with one attached hydrogen (secondary N) is 1. The number of hydrogen-bond donors (Lipinski definition) is 1. The number of carbonyl (C=O) groups is 1. The second-order valence-corrected chi connectivity index (χ2v) is 6.09. The van der Waals surface area contributed by atoms with Crippen LogP contribution in [0.5, 0.6) is 0 Å². The van der Waals surface area contributed by atoms with Gasteiger partial charge in [-0.2, -0.15) is 0 Å². The third-order valence-corrected chi connectivity index (χ3v) is 4.59. The lowest BCUT2D eigenvalue weighted by atomic mass is 9.97. The van der Waals surface area contributed by atoms with Crippen LogP contribution in [0.2, 0.25) is 0 Å². The second-order valence-electron chi connectivity index (χ2n) is 6.09. The molecule has 0 aromatic carbocycles. The fourth-order valence-corrected chi connectivity index (χ4v) is 3.17. The van der Waals surface area contributed by atoms with Crippen molar-refractivity contribution in [3.8, 4) is 0 Å². The van der Waals surface area contributed by atoms with Crippen molar-refractivity contribution in [3.05, 3.63) is 0 Å². The normalized spacial score (nSPS) is 27.4. The van der Waals surface area contributed by atoms with Crippen LogP contribution in [0, 0.1) is 11.8 Å². The molecule has 1 N–H and O–H groups in total. The maximum Gasteiger partial charge on any atom is 0.225 e. The molecule has 18 heavy (non-hydrogen) atoms. The summed E-state index contributed by atoms with van der Waals surface area (Å²) in [5.41, 5.74) is 0. The Morgan fingerprint density at radius 2 is 1.67 bits per heavy atom. The van der Waals surface area contributed by atoms with E-state index >= 15 is 0 Å². The van der Waals surface area contributed by atoms with E-state index in [-0.39, 0.29) is 0 Å². The van der Waals surface area contributed by atoms with Crippen LogP contribution in [0.1, 0.15) is 25.7 Å². The molecule has 4 heteroatoms. The molecule has 0 bridgehead atoms. The largest absolute Gasteiger partial charge is 0.340 e. The summed E-state index contributed by atoms with van der Waals surface area (Å²) in [5, 5.41) is 3.42. The van der Waals surface area contributed by atoms with Crippen molar-refractivity contribution in [3.63, 3.8) is 0 Å². The van der Waals surface area contributed by atoms with Gasteiger partial charge in [0.15, 0.2) is 0 Å². The van der Waals surface area contributed by atoms with E-state index in [4.69, 9.17) is 0 Å². The van der Waals surface area contributed by atoms with E-state index in [9.17, 15) is 4.79 Å². The summed E-state index contributed by atoms with van der Waals surface area (Å²) in [5.74, 6) is 1.69. The zero-order valence-corrected chi connectivity index (χ0v) is 11.2. The van der Waals surface area contributed by atoms with Gasteiger partial charge in [0.25, 0.3) is 0 Å². The van der Waals surface area contributed by atoms with Crippen molar-refractivity contribution in [2.75, 3.05) is 45.8 Å². The Bertz CT molecular complexity index is 289. The van der Waals surface area contributed by atoms with Crippen molar-refractivity contribution in [1.82, 2.24) is 15.1 Å². The fraction of sp³-hybridized carbons (Fsp3) is 0.929. The van der Waals surface area contributed by atoms with Crippen LogP contribution in [0.25, 0.3) is 0 Å². The first-order valence-electron chi connectivity index (χ1n) is 7.55. The summed E-state index contributed by atoms with van der Waals surface area (Å²) in [7, 11) is 0. The van der Waals surface area contributed by atoms with Crippen molar-refractivity contribution < 1.29 is 4.79 Å². The molecular formula is C14H25N3O. The monoisotopic (exact) mass is 251 g/mol. The van der Waals surface area contributed by atoms with Gasteiger partial charge in [-0.05, 0) is 44.7 Å². The fourth-order valence-electron chi connectivity index (χ4n) is 3.17. The average Bonchev–Trinajstić information content (AvgIpc) is 3.24. The van der Waals surface area contributed by atoms with Gasteiger partial charge in [-0.25, -0.2) is 0 Å². The lowest BCUT2D eigenvalue weighted by molar-refractivity contribution is -0.134. The van der Waals surface area contributed by atoms with Crippen molar-refractivity contribution in [2.45, 2.75) is 25.7 Å². The van der Waals surface area contributed by atoms with Gasteiger partial charge in [-0.15, -0.1) is 0 Å². The highest BCUT2D eigenvalue weighted by atomic mass is 16.2. The molecule has 0 aromatic heterocycles.